The monoisotopic (exact) mass is 212 g/mol. The Morgan fingerprint density at radius 2 is 2.00 bits per heavy atom. The molecule has 1 unspecified atom stereocenters. The van der Waals surface area contributed by atoms with Gasteiger partial charge in [0.1, 0.15) is 0 Å². The second-order valence-electron chi connectivity index (χ2n) is 5.09. The molecule has 1 rings (SSSR count). The largest absolute Gasteiger partial charge is 0.330 e. The minimum atomic E-state index is 0.817. The van der Waals surface area contributed by atoms with Gasteiger partial charge in [0, 0.05) is 6.04 Å². The number of hydrogen-bond acceptors (Lipinski definition) is 2. The average molecular weight is 212 g/mol. The normalized spacial score (nSPS) is 18.4. The molecule has 2 nitrogen and oxygen atoms in total. The molecule has 0 spiro atoms. The smallest absolute Gasteiger partial charge is 0.00964 e. The van der Waals surface area contributed by atoms with E-state index in [9.17, 15) is 0 Å². The van der Waals surface area contributed by atoms with Crippen molar-refractivity contribution in [2.75, 3.05) is 19.6 Å². The molecule has 1 aliphatic carbocycles. The van der Waals surface area contributed by atoms with E-state index >= 15 is 0 Å². The van der Waals surface area contributed by atoms with Gasteiger partial charge in [-0.15, -0.1) is 0 Å². The molecule has 15 heavy (non-hydrogen) atoms. The highest BCUT2D eigenvalue weighted by molar-refractivity contribution is 4.84. The lowest BCUT2D eigenvalue weighted by molar-refractivity contribution is 0.251. The molecule has 0 aromatic heterocycles. The van der Waals surface area contributed by atoms with Crippen LogP contribution < -0.4 is 5.73 Å². The maximum atomic E-state index is 5.56. The van der Waals surface area contributed by atoms with Gasteiger partial charge in [0.05, 0.1) is 0 Å². The quantitative estimate of drug-likeness (QED) is 0.636. The Morgan fingerprint density at radius 1 is 1.27 bits per heavy atom. The molecule has 0 aromatic carbocycles. The van der Waals surface area contributed by atoms with Gasteiger partial charge in [-0.05, 0) is 64.1 Å². The maximum Gasteiger partial charge on any atom is 0.00964 e. The van der Waals surface area contributed by atoms with E-state index in [-0.39, 0.29) is 0 Å². The van der Waals surface area contributed by atoms with Crippen LogP contribution in [0.3, 0.4) is 0 Å². The van der Waals surface area contributed by atoms with Crippen molar-refractivity contribution < 1.29 is 0 Å². The van der Waals surface area contributed by atoms with Crippen molar-refractivity contribution in [1.82, 2.24) is 4.90 Å². The van der Waals surface area contributed by atoms with Crippen LogP contribution in [0.2, 0.25) is 0 Å². The Kier molecular flexibility index (Phi) is 6.26. The molecule has 1 fully saturated rings. The fourth-order valence-corrected chi connectivity index (χ4v) is 2.28. The Morgan fingerprint density at radius 3 is 2.53 bits per heavy atom. The number of nitrogens with zero attached hydrogens (tertiary/aromatic N) is 1. The van der Waals surface area contributed by atoms with Gasteiger partial charge in [-0.1, -0.05) is 13.8 Å². The Balaban J connectivity index is 2.05. The molecule has 0 saturated heterocycles. The summed E-state index contributed by atoms with van der Waals surface area (Å²) in [6, 6.07) is 0.940. The summed E-state index contributed by atoms with van der Waals surface area (Å²) in [4.78, 5) is 2.69. The van der Waals surface area contributed by atoms with Gasteiger partial charge in [-0.25, -0.2) is 0 Å². The highest BCUT2D eigenvalue weighted by atomic mass is 15.2. The molecule has 1 atom stereocenters. The fraction of sp³-hybridized carbons (Fsp3) is 1.00. The van der Waals surface area contributed by atoms with E-state index in [4.69, 9.17) is 5.73 Å². The van der Waals surface area contributed by atoms with Crippen molar-refractivity contribution >= 4 is 0 Å². The van der Waals surface area contributed by atoms with Gasteiger partial charge in [0.2, 0.25) is 0 Å². The first-order valence-electron chi connectivity index (χ1n) is 6.72. The van der Waals surface area contributed by atoms with Gasteiger partial charge >= 0.3 is 0 Å². The van der Waals surface area contributed by atoms with E-state index in [0.29, 0.717) is 0 Å². The topological polar surface area (TPSA) is 29.3 Å². The van der Waals surface area contributed by atoms with Gasteiger partial charge < -0.3 is 10.6 Å². The van der Waals surface area contributed by atoms with Gasteiger partial charge in [0.15, 0.2) is 0 Å². The summed E-state index contributed by atoms with van der Waals surface area (Å²) < 4.78 is 0. The molecule has 0 amide bonds. The number of hydrogen-bond donors (Lipinski definition) is 1. The third-order valence-corrected chi connectivity index (χ3v) is 3.38. The fourth-order valence-electron chi connectivity index (χ4n) is 2.28. The van der Waals surface area contributed by atoms with E-state index in [2.05, 4.69) is 18.7 Å². The Bertz CT molecular complexity index is 155. The molecule has 1 saturated carbocycles. The van der Waals surface area contributed by atoms with Crippen molar-refractivity contribution in [3.8, 4) is 0 Å². The van der Waals surface area contributed by atoms with Crippen LogP contribution >= 0.6 is 0 Å². The third-order valence-electron chi connectivity index (χ3n) is 3.38. The van der Waals surface area contributed by atoms with Crippen molar-refractivity contribution in [2.24, 2.45) is 11.7 Å². The minimum Gasteiger partial charge on any atom is -0.330 e. The number of rotatable bonds is 9. The molecule has 0 aliphatic heterocycles. The van der Waals surface area contributed by atoms with Gasteiger partial charge in [-0.2, -0.15) is 0 Å². The average Bonchev–Trinajstić information content (AvgIpc) is 3.00. The summed E-state index contributed by atoms with van der Waals surface area (Å²) in [7, 11) is 0. The summed E-state index contributed by atoms with van der Waals surface area (Å²) >= 11 is 0. The van der Waals surface area contributed by atoms with E-state index < -0.39 is 0 Å². The first-order chi connectivity index (χ1) is 7.27. The Hall–Kier alpha value is -0.0800. The summed E-state index contributed by atoms with van der Waals surface area (Å²) in [5.41, 5.74) is 5.56. The zero-order valence-electron chi connectivity index (χ0n) is 10.5. The molecule has 0 aromatic rings. The standard InChI is InChI=1S/C13H28N2/c1-3-10-15(13-6-7-13)11-4-5-12(2)8-9-14/h12-13H,3-11,14H2,1-2H3. The molecule has 2 heteroatoms. The maximum absolute atomic E-state index is 5.56. The molecule has 0 heterocycles. The van der Waals surface area contributed by atoms with Crippen molar-refractivity contribution in [2.45, 2.75) is 58.4 Å². The lowest BCUT2D eigenvalue weighted by Gasteiger charge is -2.21. The van der Waals surface area contributed by atoms with Crippen LogP contribution in [-0.2, 0) is 0 Å². The summed E-state index contributed by atoms with van der Waals surface area (Å²) in [6.45, 7) is 8.08. The molecule has 2 N–H and O–H groups in total. The van der Waals surface area contributed by atoms with Crippen LogP contribution in [0, 0.1) is 5.92 Å². The van der Waals surface area contributed by atoms with E-state index in [0.717, 1.165) is 18.5 Å². The van der Waals surface area contributed by atoms with Gasteiger partial charge in [0.25, 0.3) is 0 Å². The van der Waals surface area contributed by atoms with Crippen LogP contribution in [0.5, 0.6) is 0 Å². The zero-order valence-corrected chi connectivity index (χ0v) is 10.5. The molecule has 0 radical (unpaired) electrons. The predicted molar refractivity (Wildman–Crippen MR) is 67.0 cm³/mol. The molecule has 0 bridgehead atoms. The van der Waals surface area contributed by atoms with Crippen molar-refractivity contribution in [3.63, 3.8) is 0 Å². The number of nitrogens with two attached hydrogens (primary N) is 1. The van der Waals surface area contributed by atoms with Crippen molar-refractivity contribution in [3.05, 3.63) is 0 Å². The first kappa shape index (κ1) is 13.0. The minimum absolute atomic E-state index is 0.817. The SMILES string of the molecule is CCCN(CCCC(C)CCN)C1CC1. The second-order valence-corrected chi connectivity index (χ2v) is 5.09. The van der Waals surface area contributed by atoms with Crippen LogP contribution in [-0.4, -0.2) is 30.6 Å². The lowest BCUT2D eigenvalue weighted by atomic mass is 10.0. The Labute approximate surface area is 95.2 Å². The van der Waals surface area contributed by atoms with Crippen LogP contribution in [0.25, 0.3) is 0 Å². The molecule has 90 valence electrons. The van der Waals surface area contributed by atoms with E-state index in [1.165, 1.54) is 51.6 Å². The highest BCUT2D eigenvalue weighted by Gasteiger charge is 2.27. The van der Waals surface area contributed by atoms with Crippen LogP contribution in [0.4, 0.5) is 0 Å². The van der Waals surface area contributed by atoms with E-state index in [1.54, 1.807) is 0 Å². The summed E-state index contributed by atoms with van der Waals surface area (Å²) in [5, 5.41) is 0. The molecular weight excluding hydrogens is 184 g/mol. The van der Waals surface area contributed by atoms with Crippen molar-refractivity contribution in [1.29, 1.82) is 0 Å². The first-order valence-corrected chi connectivity index (χ1v) is 6.72. The molecule has 1 aliphatic rings. The van der Waals surface area contributed by atoms with Gasteiger partial charge in [-0.3, -0.25) is 0 Å². The summed E-state index contributed by atoms with van der Waals surface area (Å²) in [5.74, 6) is 0.817. The highest BCUT2D eigenvalue weighted by Crippen LogP contribution is 2.27. The van der Waals surface area contributed by atoms with Crippen LogP contribution in [0.15, 0.2) is 0 Å². The zero-order chi connectivity index (χ0) is 11.1. The van der Waals surface area contributed by atoms with Crippen LogP contribution in [0.1, 0.15) is 52.4 Å². The lowest BCUT2D eigenvalue weighted by Crippen LogP contribution is -2.28. The summed E-state index contributed by atoms with van der Waals surface area (Å²) in [6.07, 6.45) is 8.09. The molecular formula is C13H28N2. The third kappa shape index (κ3) is 5.53. The van der Waals surface area contributed by atoms with E-state index in [1.807, 2.05) is 0 Å². The second kappa shape index (κ2) is 7.24. The predicted octanol–water partition coefficient (Wildman–Crippen LogP) is 2.63.